The Morgan fingerprint density at radius 2 is 1.63 bits per heavy atom. The minimum Gasteiger partial charge on any atom is -0.495 e. The quantitative estimate of drug-likeness (QED) is 0.303. The zero-order valence-corrected chi connectivity index (χ0v) is 25.7. The van der Waals surface area contributed by atoms with Crippen LogP contribution in [0.15, 0.2) is 72.8 Å². The normalized spacial score (nSPS) is 12.1. The summed E-state index contributed by atoms with van der Waals surface area (Å²) in [7, 11) is -2.44. The number of carbonyl (C=O) groups excluding carboxylic acids is 2. The molecule has 0 aliphatic carbocycles. The second-order valence-corrected chi connectivity index (χ2v) is 12.8. The predicted molar refractivity (Wildman–Crippen MR) is 164 cm³/mol. The van der Waals surface area contributed by atoms with Gasteiger partial charge in [-0.2, -0.15) is 0 Å². The summed E-state index contributed by atoms with van der Waals surface area (Å²) in [6.45, 7) is 5.99. The Morgan fingerprint density at radius 3 is 2.20 bits per heavy atom. The molecule has 0 spiro atoms. The van der Waals surface area contributed by atoms with Crippen molar-refractivity contribution in [2.24, 2.45) is 5.92 Å². The minimum absolute atomic E-state index is 0.118. The minimum atomic E-state index is -3.90. The van der Waals surface area contributed by atoms with Crippen LogP contribution in [0.1, 0.15) is 30.5 Å². The van der Waals surface area contributed by atoms with E-state index in [2.05, 4.69) is 5.32 Å². The van der Waals surface area contributed by atoms with Crippen LogP contribution in [-0.4, -0.2) is 57.6 Å². The number of methoxy groups -OCH3 is 1. The van der Waals surface area contributed by atoms with Crippen LogP contribution in [0.25, 0.3) is 0 Å². The second-order valence-electron chi connectivity index (χ2n) is 10.4. The molecule has 2 amide bonds. The maximum absolute atomic E-state index is 14.1. The van der Waals surface area contributed by atoms with E-state index in [0.29, 0.717) is 12.3 Å². The molecule has 3 rings (SSSR count). The molecule has 0 radical (unpaired) electrons. The van der Waals surface area contributed by atoms with E-state index in [1.165, 1.54) is 24.1 Å². The largest absolute Gasteiger partial charge is 0.495 e. The van der Waals surface area contributed by atoms with Gasteiger partial charge in [-0.15, -0.1) is 0 Å². The fourth-order valence-corrected chi connectivity index (χ4v) is 5.38. The van der Waals surface area contributed by atoms with E-state index in [1.54, 1.807) is 6.07 Å². The van der Waals surface area contributed by atoms with Gasteiger partial charge in [-0.05, 0) is 42.2 Å². The molecule has 0 aliphatic heterocycles. The van der Waals surface area contributed by atoms with Crippen LogP contribution < -0.4 is 14.4 Å². The Balaban J connectivity index is 2.05. The van der Waals surface area contributed by atoms with Gasteiger partial charge in [0.25, 0.3) is 0 Å². The van der Waals surface area contributed by atoms with Crippen LogP contribution in [0.3, 0.4) is 0 Å². The van der Waals surface area contributed by atoms with Crippen molar-refractivity contribution in [2.75, 3.05) is 30.8 Å². The second kappa shape index (κ2) is 14.4. The number of hydrogen-bond acceptors (Lipinski definition) is 5. The summed E-state index contributed by atoms with van der Waals surface area (Å²) in [4.78, 5) is 29.2. The number of nitrogens with zero attached hydrogens (tertiary/aromatic N) is 2. The molecule has 220 valence electrons. The van der Waals surface area contributed by atoms with Crippen LogP contribution >= 0.6 is 11.6 Å². The number of benzene rings is 3. The lowest BCUT2D eigenvalue weighted by atomic mass is 10.0. The first-order chi connectivity index (χ1) is 19.4. The number of amides is 2. The monoisotopic (exact) mass is 599 g/mol. The summed E-state index contributed by atoms with van der Waals surface area (Å²) in [6, 6.07) is 20.7. The van der Waals surface area contributed by atoms with Gasteiger partial charge in [0.1, 0.15) is 18.3 Å². The number of carbonyl (C=O) groups is 2. The van der Waals surface area contributed by atoms with Crippen LogP contribution in [-0.2, 0) is 32.6 Å². The number of nitrogens with one attached hydrogen (secondary N) is 1. The van der Waals surface area contributed by atoms with E-state index in [0.717, 1.165) is 27.3 Å². The molecule has 8 nitrogen and oxygen atoms in total. The fraction of sp³-hybridized carbons (Fsp3) is 0.355. The van der Waals surface area contributed by atoms with E-state index in [-0.39, 0.29) is 35.5 Å². The van der Waals surface area contributed by atoms with Crippen LogP contribution in [0.4, 0.5) is 5.69 Å². The molecule has 0 fully saturated rings. The van der Waals surface area contributed by atoms with Gasteiger partial charge in [-0.25, -0.2) is 8.42 Å². The van der Waals surface area contributed by atoms with Gasteiger partial charge in [0, 0.05) is 19.5 Å². The lowest BCUT2D eigenvalue weighted by molar-refractivity contribution is -0.140. The van der Waals surface area contributed by atoms with Gasteiger partial charge in [-0.3, -0.25) is 13.9 Å². The van der Waals surface area contributed by atoms with E-state index in [1.807, 2.05) is 75.4 Å². The molecule has 0 unspecified atom stereocenters. The van der Waals surface area contributed by atoms with Crippen molar-refractivity contribution >= 4 is 39.1 Å². The Hall–Kier alpha value is -3.56. The fourth-order valence-electron chi connectivity index (χ4n) is 4.29. The van der Waals surface area contributed by atoms with Gasteiger partial charge in [0.05, 0.1) is 24.1 Å². The van der Waals surface area contributed by atoms with Gasteiger partial charge in [0.15, 0.2) is 0 Å². The van der Waals surface area contributed by atoms with Crippen molar-refractivity contribution in [3.63, 3.8) is 0 Å². The van der Waals surface area contributed by atoms with E-state index in [4.69, 9.17) is 16.3 Å². The molecule has 3 aromatic carbocycles. The highest BCUT2D eigenvalue weighted by molar-refractivity contribution is 7.92. The van der Waals surface area contributed by atoms with Crippen molar-refractivity contribution in [1.29, 1.82) is 0 Å². The Labute approximate surface area is 248 Å². The molecular formula is C31H38ClN3O5S. The summed E-state index contributed by atoms with van der Waals surface area (Å²) >= 11 is 6.29. The highest BCUT2D eigenvalue weighted by Crippen LogP contribution is 2.30. The Bertz CT molecular complexity index is 1430. The van der Waals surface area contributed by atoms with E-state index >= 15 is 0 Å². The summed E-state index contributed by atoms with van der Waals surface area (Å²) in [6.07, 6.45) is 1.29. The van der Waals surface area contributed by atoms with E-state index in [9.17, 15) is 18.0 Å². The van der Waals surface area contributed by atoms with Crippen molar-refractivity contribution in [3.8, 4) is 5.75 Å². The van der Waals surface area contributed by atoms with Crippen LogP contribution in [0.5, 0.6) is 5.75 Å². The number of hydrogen-bond donors (Lipinski definition) is 1. The maximum atomic E-state index is 14.1. The first-order valence-corrected chi connectivity index (χ1v) is 15.6. The highest BCUT2D eigenvalue weighted by atomic mass is 35.5. The third-order valence-electron chi connectivity index (χ3n) is 6.53. The van der Waals surface area contributed by atoms with Crippen molar-refractivity contribution < 1.29 is 22.7 Å². The van der Waals surface area contributed by atoms with E-state index < -0.39 is 28.5 Å². The first-order valence-electron chi connectivity index (χ1n) is 13.4. The highest BCUT2D eigenvalue weighted by Gasteiger charge is 2.33. The van der Waals surface area contributed by atoms with Crippen LogP contribution in [0, 0.1) is 12.8 Å². The van der Waals surface area contributed by atoms with Gasteiger partial charge >= 0.3 is 0 Å². The van der Waals surface area contributed by atoms with Gasteiger partial charge < -0.3 is 15.0 Å². The molecule has 0 aromatic heterocycles. The molecule has 41 heavy (non-hydrogen) atoms. The summed E-state index contributed by atoms with van der Waals surface area (Å²) in [5, 5.41) is 3.18. The van der Waals surface area contributed by atoms with Gasteiger partial charge in [-0.1, -0.05) is 85.6 Å². The molecule has 10 heteroatoms. The zero-order valence-electron chi connectivity index (χ0n) is 24.1. The number of ether oxygens (including phenoxy) is 1. The molecular weight excluding hydrogens is 562 g/mol. The third kappa shape index (κ3) is 9.23. The summed E-state index contributed by atoms with van der Waals surface area (Å²) in [5.74, 6) is -0.246. The first kappa shape index (κ1) is 32.0. The van der Waals surface area contributed by atoms with Crippen LogP contribution in [0.2, 0.25) is 5.02 Å². The maximum Gasteiger partial charge on any atom is 0.244 e. The number of sulfonamides is 1. The number of halogens is 1. The molecule has 0 bridgehead atoms. The zero-order chi connectivity index (χ0) is 30.2. The molecule has 0 saturated carbocycles. The third-order valence-corrected chi connectivity index (χ3v) is 7.97. The van der Waals surface area contributed by atoms with Gasteiger partial charge in [0.2, 0.25) is 21.8 Å². The van der Waals surface area contributed by atoms with Crippen molar-refractivity contribution in [2.45, 2.75) is 39.8 Å². The summed E-state index contributed by atoms with van der Waals surface area (Å²) in [5.41, 5.74) is 2.96. The smallest absolute Gasteiger partial charge is 0.244 e. The molecule has 0 aliphatic rings. The number of rotatable bonds is 13. The van der Waals surface area contributed by atoms with Crippen molar-refractivity contribution in [3.05, 3.63) is 94.5 Å². The molecule has 1 N–H and O–H groups in total. The lowest BCUT2D eigenvalue weighted by Crippen LogP contribution is -2.53. The molecule has 1 atom stereocenters. The lowest BCUT2D eigenvalue weighted by Gasteiger charge is -2.33. The topological polar surface area (TPSA) is 96.0 Å². The molecule has 3 aromatic rings. The number of anilines is 1. The Morgan fingerprint density at radius 1 is 0.976 bits per heavy atom. The van der Waals surface area contributed by atoms with Crippen molar-refractivity contribution in [1.82, 2.24) is 10.2 Å². The summed E-state index contributed by atoms with van der Waals surface area (Å²) < 4.78 is 32.0. The number of aryl methyl sites for hydroxylation is 1. The molecule has 0 heterocycles. The SMILES string of the molecule is COc1ccc(N(CC(=O)N(Cc2ccc(C)cc2)[C@H](Cc2ccccc2)C(=O)NCC(C)C)S(C)(=O)=O)cc1Cl. The average molecular weight is 600 g/mol. The predicted octanol–water partition coefficient (Wildman–Crippen LogP) is 4.84. The Kier molecular flexibility index (Phi) is 11.2. The standard InChI is InChI=1S/C31H38ClN3O5S/c1-22(2)19-33-31(37)28(17-24-9-7-6-8-10-24)34(20-25-13-11-23(3)12-14-25)30(36)21-35(41(5,38)39)26-15-16-29(40-4)27(32)18-26/h6-16,18,22,28H,17,19-21H2,1-5H3,(H,33,37)/t28-/m1/s1. The molecule has 0 saturated heterocycles. The average Bonchev–Trinajstić information content (AvgIpc) is 2.93.